The Kier molecular flexibility index (Phi) is 7.34. The van der Waals surface area contributed by atoms with Crippen LogP contribution in [0.2, 0.25) is 0 Å². The summed E-state index contributed by atoms with van der Waals surface area (Å²) in [5.41, 5.74) is 5.76. The van der Waals surface area contributed by atoms with Crippen LogP contribution in [-0.4, -0.2) is 30.9 Å². The van der Waals surface area contributed by atoms with Gasteiger partial charge in [-0.15, -0.1) is 0 Å². The molecular weight excluding hydrogens is 299 g/mol. The molecule has 0 saturated heterocycles. The molecule has 7 heteroatoms. The van der Waals surface area contributed by atoms with E-state index in [4.69, 9.17) is 15.2 Å². The number of carbonyl (C=O) groups is 1. The third-order valence-electron chi connectivity index (χ3n) is 2.95. The van der Waals surface area contributed by atoms with E-state index in [2.05, 4.69) is 0 Å². The Morgan fingerprint density at radius 3 is 2.45 bits per heavy atom. The molecule has 0 unspecified atom stereocenters. The van der Waals surface area contributed by atoms with Gasteiger partial charge in [-0.05, 0) is 12.0 Å². The van der Waals surface area contributed by atoms with Gasteiger partial charge in [0.1, 0.15) is 6.04 Å². The van der Waals surface area contributed by atoms with Crippen molar-refractivity contribution in [2.24, 2.45) is 5.73 Å². The van der Waals surface area contributed by atoms with E-state index in [1.807, 2.05) is 6.92 Å². The predicted molar refractivity (Wildman–Crippen MR) is 74.9 cm³/mol. The highest BCUT2D eigenvalue weighted by Gasteiger charge is 2.46. The molecule has 0 spiro atoms. The van der Waals surface area contributed by atoms with E-state index in [1.54, 1.807) is 30.3 Å². The number of unbranched alkanes of at least 4 members (excludes halogenated alkanes) is 1. The van der Waals surface area contributed by atoms with Crippen LogP contribution in [0, 0.1) is 0 Å². The van der Waals surface area contributed by atoms with Crippen molar-refractivity contribution >= 4 is 5.97 Å². The molecule has 0 amide bonds. The Balaban J connectivity index is 2.71. The molecule has 0 fully saturated rings. The number of benzene rings is 1. The van der Waals surface area contributed by atoms with Gasteiger partial charge in [-0.1, -0.05) is 43.7 Å². The molecule has 0 aliphatic heterocycles. The third kappa shape index (κ3) is 6.03. The van der Waals surface area contributed by atoms with Crippen LogP contribution in [0.25, 0.3) is 0 Å². The molecule has 1 aromatic rings. The summed E-state index contributed by atoms with van der Waals surface area (Å²) in [5, 5.41) is 0. The summed E-state index contributed by atoms with van der Waals surface area (Å²) in [7, 11) is 0. The molecule has 124 valence electrons. The van der Waals surface area contributed by atoms with Crippen molar-refractivity contribution in [3.05, 3.63) is 35.9 Å². The number of rotatable bonds is 8. The van der Waals surface area contributed by atoms with Crippen LogP contribution in [0.4, 0.5) is 13.2 Å². The highest BCUT2D eigenvalue weighted by molar-refractivity contribution is 5.75. The van der Waals surface area contributed by atoms with Crippen LogP contribution in [-0.2, 0) is 20.9 Å². The first kappa shape index (κ1) is 18.4. The van der Waals surface area contributed by atoms with E-state index < -0.39 is 24.3 Å². The second-order valence-corrected chi connectivity index (χ2v) is 4.81. The lowest BCUT2D eigenvalue weighted by Gasteiger charge is -2.24. The van der Waals surface area contributed by atoms with Gasteiger partial charge in [0.25, 0.3) is 0 Å². The maximum atomic E-state index is 12.8. The molecule has 1 aromatic carbocycles. The number of nitrogens with two attached hydrogens (primary N) is 1. The molecule has 0 aliphatic rings. The van der Waals surface area contributed by atoms with E-state index in [1.165, 1.54) is 0 Å². The molecule has 0 heterocycles. The number of esters is 1. The first-order chi connectivity index (χ1) is 10.4. The van der Waals surface area contributed by atoms with Gasteiger partial charge >= 0.3 is 12.1 Å². The molecule has 2 atom stereocenters. The second kappa shape index (κ2) is 8.75. The van der Waals surface area contributed by atoms with Gasteiger partial charge in [0.15, 0.2) is 6.10 Å². The summed E-state index contributed by atoms with van der Waals surface area (Å²) in [5.74, 6) is -1.09. The van der Waals surface area contributed by atoms with Crippen molar-refractivity contribution in [2.45, 2.75) is 44.7 Å². The number of carbonyl (C=O) groups excluding carboxylic acids is 1. The quantitative estimate of drug-likeness (QED) is 0.591. The zero-order valence-electron chi connectivity index (χ0n) is 12.3. The summed E-state index contributed by atoms with van der Waals surface area (Å²) in [4.78, 5) is 11.8. The molecule has 1 rings (SSSR count). The minimum atomic E-state index is -4.74. The maximum Gasteiger partial charge on any atom is 0.406 e. The van der Waals surface area contributed by atoms with Gasteiger partial charge < -0.3 is 15.2 Å². The van der Waals surface area contributed by atoms with Gasteiger partial charge in [0, 0.05) is 0 Å². The van der Waals surface area contributed by atoms with Gasteiger partial charge in [0.2, 0.25) is 0 Å². The summed E-state index contributed by atoms with van der Waals surface area (Å²) < 4.78 is 48.2. The zero-order valence-corrected chi connectivity index (χ0v) is 12.3. The van der Waals surface area contributed by atoms with Gasteiger partial charge in [-0.3, -0.25) is 0 Å². The van der Waals surface area contributed by atoms with Crippen molar-refractivity contribution in [3.63, 3.8) is 0 Å². The minimum Gasteiger partial charge on any atom is -0.464 e. The maximum absolute atomic E-state index is 12.8. The number of alkyl halides is 3. The number of ether oxygens (including phenoxy) is 2. The molecule has 2 N–H and O–H groups in total. The minimum absolute atomic E-state index is 0.0467. The van der Waals surface area contributed by atoms with Crippen molar-refractivity contribution in [1.29, 1.82) is 0 Å². The average Bonchev–Trinajstić information content (AvgIpc) is 2.47. The average molecular weight is 319 g/mol. The normalized spacial score (nSPS) is 14.4. The molecule has 0 aliphatic carbocycles. The Bertz CT molecular complexity index is 451. The van der Waals surface area contributed by atoms with Crippen LogP contribution < -0.4 is 5.73 Å². The van der Waals surface area contributed by atoms with Crippen molar-refractivity contribution in [2.75, 3.05) is 6.61 Å². The lowest BCUT2D eigenvalue weighted by Crippen LogP contribution is -2.52. The monoisotopic (exact) mass is 319 g/mol. The lowest BCUT2D eigenvalue weighted by atomic mass is 10.1. The Morgan fingerprint density at radius 1 is 1.27 bits per heavy atom. The molecule has 4 nitrogen and oxygen atoms in total. The standard InChI is InChI=1S/C15H20F3NO3/c1-2-3-9-21-14(20)12(13(19)15(16,17)18)22-10-11-7-5-4-6-8-11/h4-8,12-13H,2-3,9-10,19H2,1H3/t12-,13-/m0/s1. The van der Waals surface area contributed by atoms with E-state index in [9.17, 15) is 18.0 Å². The summed E-state index contributed by atoms with van der Waals surface area (Å²) in [6.45, 7) is 1.77. The predicted octanol–water partition coefficient (Wildman–Crippen LogP) is 2.80. The Labute approximate surface area is 127 Å². The van der Waals surface area contributed by atoms with Gasteiger partial charge in [-0.25, -0.2) is 4.79 Å². The van der Waals surface area contributed by atoms with Gasteiger partial charge in [0.05, 0.1) is 13.2 Å². The summed E-state index contributed by atoms with van der Waals surface area (Å²) in [6.07, 6.45) is -5.30. The van der Waals surface area contributed by atoms with E-state index in [-0.39, 0.29) is 13.2 Å². The van der Waals surface area contributed by atoms with Crippen LogP contribution in [0.5, 0.6) is 0 Å². The van der Waals surface area contributed by atoms with Crippen molar-refractivity contribution in [3.8, 4) is 0 Å². The summed E-state index contributed by atoms with van der Waals surface area (Å²) >= 11 is 0. The molecular formula is C15H20F3NO3. The molecule has 0 saturated carbocycles. The van der Waals surface area contributed by atoms with Crippen LogP contribution in [0.3, 0.4) is 0 Å². The number of hydrogen-bond acceptors (Lipinski definition) is 4. The Morgan fingerprint density at radius 2 is 1.91 bits per heavy atom. The van der Waals surface area contributed by atoms with Crippen molar-refractivity contribution in [1.82, 2.24) is 0 Å². The highest BCUT2D eigenvalue weighted by atomic mass is 19.4. The first-order valence-corrected chi connectivity index (χ1v) is 7.00. The van der Waals surface area contributed by atoms with Crippen LogP contribution >= 0.6 is 0 Å². The van der Waals surface area contributed by atoms with E-state index in [0.29, 0.717) is 12.0 Å². The van der Waals surface area contributed by atoms with E-state index >= 15 is 0 Å². The zero-order chi connectivity index (χ0) is 16.6. The van der Waals surface area contributed by atoms with Crippen LogP contribution in [0.1, 0.15) is 25.3 Å². The fourth-order valence-corrected chi connectivity index (χ4v) is 1.65. The van der Waals surface area contributed by atoms with E-state index in [0.717, 1.165) is 6.42 Å². The largest absolute Gasteiger partial charge is 0.464 e. The first-order valence-electron chi connectivity index (χ1n) is 7.00. The second-order valence-electron chi connectivity index (χ2n) is 4.81. The topological polar surface area (TPSA) is 61.5 Å². The fraction of sp³-hybridized carbons (Fsp3) is 0.533. The lowest BCUT2D eigenvalue weighted by molar-refractivity contribution is -0.194. The van der Waals surface area contributed by atoms with Crippen molar-refractivity contribution < 1.29 is 27.4 Å². The fourth-order valence-electron chi connectivity index (χ4n) is 1.65. The third-order valence-corrected chi connectivity index (χ3v) is 2.95. The SMILES string of the molecule is CCCCOC(=O)[C@@H](OCc1ccccc1)[C@H](N)C(F)(F)F. The summed E-state index contributed by atoms with van der Waals surface area (Å²) in [6, 6.07) is 6.14. The molecule has 22 heavy (non-hydrogen) atoms. The van der Waals surface area contributed by atoms with Crippen LogP contribution in [0.15, 0.2) is 30.3 Å². The number of hydrogen-bond donors (Lipinski definition) is 1. The Hall–Kier alpha value is -1.60. The van der Waals surface area contributed by atoms with Gasteiger partial charge in [-0.2, -0.15) is 13.2 Å². The molecule has 0 bridgehead atoms. The molecule has 0 radical (unpaired) electrons. The smallest absolute Gasteiger partial charge is 0.406 e. The highest BCUT2D eigenvalue weighted by Crippen LogP contribution is 2.23. The molecule has 0 aromatic heterocycles. The number of halogens is 3.